The molecule has 1 saturated heterocycles. The molecule has 4 atom stereocenters. The Kier molecular flexibility index (Phi) is 9.29. The predicted octanol–water partition coefficient (Wildman–Crippen LogP) is 6.10. The number of hydrogen-bond acceptors (Lipinski definition) is 6. The maximum absolute atomic E-state index is 11.8. The third-order valence-electron chi connectivity index (χ3n) is 5.27. The summed E-state index contributed by atoms with van der Waals surface area (Å²) in [5.41, 5.74) is 1.50. The average Bonchev–Trinajstić information content (AvgIpc) is 3.00. The first-order valence-electron chi connectivity index (χ1n) is 10.1. The molecule has 2 aromatic carbocycles. The Bertz CT molecular complexity index is 987. The van der Waals surface area contributed by atoms with E-state index in [1.165, 1.54) is 14.0 Å². The van der Waals surface area contributed by atoms with E-state index >= 15 is 0 Å². The van der Waals surface area contributed by atoms with Crippen molar-refractivity contribution in [1.29, 1.82) is 0 Å². The monoisotopic (exact) mass is 536 g/mol. The number of esters is 1. The molecule has 180 valence electrons. The zero-order valence-corrected chi connectivity index (χ0v) is 21.3. The number of carbonyl (C=O) groups excluding carboxylic acids is 1. The summed E-state index contributed by atoms with van der Waals surface area (Å²) in [7, 11) is 1.47. The van der Waals surface area contributed by atoms with Gasteiger partial charge in [0.25, 0.3) is 0 Å². The summed E-state index contributed by atoms with van der Waals surface area (Å²) in [6, 6.07) is 10.3. The average molecular weight is 538 g/mol. The largest absolute Gasteiger partial charge is 0.454 e. The number of ether oxygens (including phenoxy) is 5. The lowest BCUT2D eigenvalue weighted by atomic mass is 10.1. The fourth-order valence-electron chi connectivity index (χ4n) is 3.52. The molecule has 10 heteroatoms. The van der Waals surface area contributed by atoms with Gasteiger partial charge in [0.1, 0.15) is 12.2 Å². The van der Waals surface area contributed by atoms with Crippen molar-refractivity contribution in [3.05, 3.63) is 67.6 Å². The highest BCUT2D eigenvalue weighted by atomic mass is 35.5. The SMILES string of the molecule is COC1(C)O[C@H](COCc2ccc(Cl)cc2Cl)[C@@H](OCc2ccc(Cl)cc2Cl)[C@H]1OC(C)=O. The lowest BCUT2D eigenvalue weighted by Gasteiger charge is -2.29. The van der Waals surface area contributed by atoms with Gasteiger partial charge in [0, 0.05) is 34.1 Å². The van der Waals surface area contributed by atoms with Crippen molar-refractivity contribution in [1.82, 2.24) is 0 Å². The van der Waals surface area contributed by atoms with E-state index in [-0.39, 0.29) is 19.8 Å². The minimum absolute atomic E-state index is 0.134. The summed E-state index contributed by atoms with van der Waals surface area (Å²) < 4.78 is 29.2. The van der Waals surface area contributed by atoms with Gasteiger partial charge >= 0.3 is 5.97 Å². The molecular formula is C23H24Cl4O6. The molecule has 1 fully saturated rings. The van der Waals surface area contributed by atoms with Crippen molar-refractivity contribution >= 4 is 52.4 Å². The van der Waals surface area contributed by atoms with Crippen LogP contribution in [0.3, 0.4) is 0 Å². The third kappa shape index (κ3) is 6.74. The van der Waals surface area contributed by atoms with Crippen LogP contribution in [0.1, 0.15) is 25.0 Å². The van der Waals surface area contributed by atoms with Crippen LogP contribution in [0.5, 0.6) is 0 Å². The fraction of sp³-hybridized carbons (Fsp3) is 0.435. The molecule has 1 unspecified atom stereocenters. The highest BCUT2D eigenvalue weighted by molar-refractivity contribution is 6.35. The first-order valence-corrected chi connectivity index (χ1v) is 11.6. The Morgan fingerprint density at radius 1 is 1.00 bits per heavy atom. The van der Waals surface area contributed by atoms with Gasteiger partial charge in [-0.05, 0) is 42.3 Å². The molecule has 6 nitrogen and oxygen atoms in total. The summed E-state index contributed by atoms with van der Waals surface area (Å²) in [4.78, 5) is 11.8. The summed E-state index contributed by atoms with van der Waals surface area (Å²) in [6.45, 7) is 3.50. The van der Waals surface area contributed by atoms with Crippen LogP contribution in [0.15, 0.2) is 36.4 Å². The van der Waals surface area contributed by atoms with E-state index in [0.29, 0.717) is 20.1 Å². The molecule has 1 aliphatic rings. The number of carbonyl (C=O) groups is 1. The van der Waals surface area contributed by atoms with Crippen molar-refractivity contribution in [2.24, 2.45) is 0 Å². The van der Waals surface area contributed by atoms with Crippen LogP contribution in [-0.4, -0.2) is 43.8 Å². The molecule has 0 aromatic heterocycles. The third-order valence-corrected chi connectivity index (χ3v) is 6.44. The van der Waals surface area contributed by atoms with Gasteiger partial charge in [-0.25, -0.2) is 0 Å². The van der Waals surface area contributed by atoms with Crippen molar-refractivity contribution in [2.45, 2.75) is 51.2 Å². The van der Waals surface area contributed by atoms with Crippen molar-refractivity contribution in [3.8, 4) is 0 Å². The van der Waals surface area contributed by atoms with Crippen LogP contribution < -0.4 is 0 Å². The zero-order chi connectivity index (χ0) is 24.2. The van der Waals surface area contributed by atoms with E-state index in [9.17, 15) is 4.79 Å². The Labute approximate surface area is 212 Å². The minimum Gasteiger partial charge on any atom is -0.454 e. The highest BCUT2D eigenvalue weighted by Crippen LogP contribution is 2.37. The molecule has 0 saturated carbocycles. The molecule has 0 aliphatic carbocycles. The molecule has 0 amide bonds. The second-order valence-electron chi connectivity index (χ2n) is 7.67. The van der Waals surface area contributed by atoms with Gasteiger partial charge in [0.15, 0.2) is 6.10 Å². The fourth-order valence-corrected chi connectivity index (χ4v) is 4.44. The highest BCUT2D eigenvalue weighted by Gasteiger charge is 2.56. The second-order valence-corrected chi connectivity index (χ2v) is 9.36. The molecule has 1 aliphatic heterocycles. The van der Waals surface area contributed by atoms with Crippen molar-refractivity contribution in [3.63, 3.8) is 0 Å². The van der Waals surface area contributed by atoms with Gasteiger partial charge < -0.3 is 23.7 Å². The topological polar surface area (TPSA) is 63.2 Å². The van der Waals surface area contributed by atoms with Crippen LogP contribution in [0, 0.1) is 0 Å². The Hall–Kier alpha value is -1.09. The Morgan fingerprint density at radius 3 is 2.09 bits per heavy atom. The standard InChI is InChI=1S/C23H24Cl4O6/c1-13(28)32-22-21(31-11-15-5-7-17(25)9-19(15)27)20(33-23(22,2)29-3)12-30-10-14-4-6-16(24)8-18(14)26/h4-9,20-22H,10-12H2,1-3H3/t20-,21-,22-,23?/m1/s1. The lowest BCUT2D eigenvalue weighted by Crippen LogP contribution is -2.46. The molecule has 0 bridgehead atoms. The van der Waals surface area contributed by atoms with Gasteiger partial charge in [-0.1, -0.05) is 58.5 Å². The first kappa shape index (κ1) is 26.5. The number of methoxy groups -OCH3 is 1. The Balaban J connectivity index is 1.75. The van der Waals surface area contributed by atoms with E-state index in [1.807, 2.05) is 0 Å². The van der Waals surface area contributed by atoms with Gasteiger partial charge in [-0.15, -0.1) is 0 Å². The molecule has 0 radical (unpaired) electrons. The minimum atomic E-state index is -1.23. The molecular weight excluding hydrogens is 514 g/mol. The molecule has 2 aromatic rings. The van der Waals surface area contributed by atoms with Crippen molar-refractivity contribution in [2.75, 3.05) is 13.7 Å². The normalized spacial score (nSPS) is 24.8. The number of halogens is 4. The van der Waals surface area contributed by atoms with Crippen LogP contribution >= 0.6 is 46.4 Å². The van der Waals surface area contributed by atoms with E-state index < -0.39 is 30.1 Å². The number of hydrogen-bond donors (Lipinski definition) is 0. The quantitative estimate of drug-likeness (QED) is 0.360. The lowest BCUT2D eigenvalue weighted by molar-refractivity contribution is -0.243. The van der Waals surface area contributed by atoms with E-state index in [0.717, 1.165) is 11.1 Å². The predicted molar refractivity (Wildman–Crippen MR) is 127 cm³/mol. The maximum Gasteiger partial charge on any atom is 0.303 e. The van der Waals surface area contributed by atoms with Crippen LogP contribution in [0.4, 0.5) is 0 Å². The van der Waals surface area contributed by atoms with Crippen molar-refractivity contribution < 1.29 is 28.5 Å². The van der Waals surface area contributed by atoms with Gasteiger partial charge in [-0.2, -0.15) is 0 Å². The summed E-state index contributed by atoms with van der Waals surface area (Å²) in [5, 5.41) is 2.02. The van der Waals surface area contributed by atoms with Crippen LogP contribution in [-0.2, 0) is 41.7 Å². The summed E-state index contributed by atoms with van der Waals surface area (Å²) in [6.07, 6.45) is -2.12. The molecule has 1 heterocycles. The van der Waals surface area contributed by atoms with E-state index in [2.05, 4.69) is 0 Å². The molecule has 3 rings (SSSR count). The van der Waals surface area contributed by atoms with Gasteiger partial charge in [0.05, 0.1) is 19.8 Å². The maximum atomic E-state index is 11.8. The zero-order valence-electron chi connectivity index (χ0n) is 18.3. The van der Waals surface area contributed by atoms with Crippen LogP contribution in [0.2, 0.25) is 20.1 Å². The number of rotatable bonds is 9. The molecule has 33 heavy (non-hydrogen) atoms. The molecule has 0 spiro atoms. The molecule has 0 N–H and O–H groups in total. The van der Waals surface area contributed by atoms with Gasteiger partial charge in [-0.3, -0.25) is 4.79 Å². The Morgan fingerprint density at radius 2 is 1.58 bits per heavy atom. The first-order chi connectivity index (χ1) is 15.6. The summed E-state index contributed by atoms with van der Waals surface area (Å²) in [5.74, 6) is -1.72. The van der Waals surface area contributed by atoms with E-state index in [1.54, 1.807) is 43.3 Å². The van der Waals surface area contributed by atoms with E-state index in [4.69, 9.17) is 70.1 Å². The second kappa shape index (κ2) is 11.6. The smallest absolute Gasteiger partial charge is 0.303 e. The van der Waals surface area contributed by atoms with Gasteiger partial charge in [0.2, 0.25) is 5.79 Å². The number of benzene rings is 2. The summed E-state index contributed by atoms with van der Waals surface area (Å²) >= 11 is 24.4. The van der Waals surface area contributed by atoms with Crippen LogP contribution in [0.25, 0.3) is 0 Å².